The number of imide groups is 1. The van der Waals surface area contributed by atoms with Crippen molar-refractivity contribution in [1.82, 2.24) is 10.2 Å². The number of nitrogens with zero attached hydrogens (tertiary/aromatic N) is 1. The van der Waals surface area contributed by atoms with E-state index in [9.17, 15) is 9.59 Å². The highest BCUT2D eigenvalue weighted by molar-refractivity contribution is 7.99. The molecule has 5 heteroatoms. The zero-order valence-corrected chi connectivity index (χ0v) is 8.10. The van der Waals surface area contributed by atoms with Crippen LogP contribution in [0.4, 0.5) is 4.79 Å². The van der Waals surface area contributed by atoms with Crippen LogP contribution in [0, 0.1) is 0 Å². The standard InChI is InChI=1S/C8H12N2O2S/c11-7-5-9-8(12)10(7)6-1-3-13-4-2-6/h6H,1-5H2,(H,9,12). The zero-order chi connectivity index (χ0) is 9.26. The second-order valence-electron chi connectivity index (χ2n) is 3.27. The number of urea groups is 1. The number of rotatable bonds is 1. The third-order valence-corrected chi connectivity index (χ3v) is 3.48. The van der Waals surface area contributed by atoms with Crippen molar-refractivity contribution in [2.24, 2.45) is 0 Å². The molecule has 0 aromatic carbocycles. The lowest BCUT2D eigenvalue weighted by molar-refractivity contribution is -0.126. The largest absolute Gasteiger partial charge is 0.329 e. The number of hydrogen-bond donors (Lipinski definition) is 1. The summed E-state index contributed by atoms with van der Waals surface area (Å²) >= 11 is 1.89. The van der Waals surface area contributed by atoms with Gasteiger partial charge in [0.05, 0.1) is 6.54 Å². The summed E-state index contributed by atoms with van der Waals surface area (Å²) in [5.41, 5.74) is 0. The van der Waals surface area contributed by atoms with Crippen LogP contribution in [-0.2, 0) is 4.79 Å². The van der Waals surface area contributed by atoms with Crippen LogP contribution >= 0.6 is 11.8 Å². The van der Waals surface area contributed by atoms with Gasteiger partial charge in [-0.3, -0.25) is 9.69 Å². The van der Waals surface area contributed by atoms with E-state index in [1.54, 1.807) is 0 Å². The molecule has 2 rings (SSSR count). The molecule has 0 aromatic heterocycles. The molecule has 0 bridgehead atoms. The predicted molar refractivity (Wildman–Crippen MR) is 50.6 cm³/mol. The lowest BCUT2D eigenvalue weighted by Gasteiger charge is -2.28. The van der Waals surface area contributed by atoms with E-state index in [0.29, 0.717) is 0 Å². The predicted octanol–water partition coefficient (Wildman–Crippen LogP) is 0.434. The third-order valence-electron chi connectivity index (χ3n) is 2.43. The molecule has 2 saturated heterocycles. The molecule has 0 spiro atoms. The molecule has 4 nitrogen and oxygen atoms in total. The van der Waals surface area contributed by atoms with Gasteiger partial charge in [-0.1, -0.05) is 0 Å². The zero-order valence-electron chi connectivity index (χ0n) is 7.28. The first-order valence-corrected chi connectivity index (χ1v) is 5.62. The summed E-state index contributed by atoms with van der Waals surface area (Å²) in [6.45, 7) is 0.183. The quantitative estimate of drug-likeness (QED) is 0.625. The van der Waals surface area contributed by atoms with E-state index in [-0.39, 0.29) is 24.5 Å². The van der Waals surface area contributed by atoms with E-state index in [1.165, 1.54) is 4.90 Å². The van der Waals surface area contributed by atoms with E-state index in [0.717, 1.165) is 24.3 Å². The average Bonchev–Trinajstić information content (AvgIpc) is 2.48. The first-order valence-electron chi connectivity index (χ1n) is 4.46. The monoisotopic (exact) mass is 200 g/mol. The van der Waals surface area contributed by atoms with Crippen LogP contribution in [0.1, 0.15) is 12.8 Å². The van der Waals surface area contributed by atoms with Crippen LogP contribution in [0.5, 0.6) is 0 Å². The number of hydrogen-bond acceptors (Lipinski definition) is 3. The molecule has 0 saturated carbocycles. The molecule has 2 fully saturated rings. The molecule has 0 aliphatic carbocycles. The van der Waals surface area contributed by atoms with Crippen molar-refractivity contribution < 1.29 is 9.59 Å². The van der Waals surface area contributed by atoms with Gasteiger partial charge in [0, 0.05) is 6.04 Å². The van der Waals surface area contributed by atoms with Gasteiger partial charge in [0.15, 0.2) is 0 Å². The van der Waals surface area contributed by atoms with E-state index < -0.39 is 0 Å². The number of amides is 3. The van der Waals surface area contributed by atoms with Crippen LogP contribution < -0.4 is 5.32 Å². The molecule has 2 aliphatic rings. The Kier molecular flexibility index (Phi) is 2.44. The molecule has 3 amide bonds. The molecular weight excluding hydrogens is 188 g/mol. The molecule has 0 atom stereocenters. The number of carbonyl (C=O) groups is 2. The number of thioether (sulfide) groups is 1. The Morgan fingerprint density at radius 2 is 2.00 bits per heavy atom. The number of nitrogens with one attached hydrogen (secondary N) is 1. The Bertz CT molecular complexity index is 222. The lowest BCUT2D eigenvalue weighted by Crippen LogP contribution is -2.42. The molecule has 0 radical (unpaired) electrons. The van der Waals surface area contributed by atoms with Gasteiger partial charge in [-0.2, -0.15) is 11.8 Å². The van der Waals surface area contributed by atoms with E-state index in [2.05, 4.69) is 5.32 Å². The van der Waals surface area contributed by atoms with Gasteiger partial charge < -0.3 is 5.32 Å². The molecule has 0 unspecified atom stereocenters. The van der Waals surface area contributed by atoms with Crippen molar-refractivity contribution in [3.63, 3.8) is 0 Å². The van der Waals surface area contributed by atoms with Gasteiger partial charge in [-0.25, -0.2) is 4.79 Å². The van der Waals surface area contributed by atoms with Crippen molar-refractivity contribution in [2.45, 2.75) is 18.9 Å². The SMILES string of the molecule is O=C1CNC(=O)N1C1CCSCC1. The van der Waals surface area contributed by atoms with Gasteiger partial charge in [-0.15, -0.1) is 0 Å². The minimum Gasteiger partial charge on any atom is -0.329 e. The Balaban J connectivity index is 2.05. The summed E-state index contributed by atoms with van der Waals surface area (Å²) in [5, 5.41) is 2.55. The maximum atomic E-state index is 11.3. The molecule has 2 heterocycles. The van der Waals surface area contributed by atoms with Crippen LogP contribution in [0.15, 0.2) is 0 Å². The van der Waals surface area contributed by atoms with Crippen LogP contribution in [0.3, 0.4) is 0 Å². The Morgan fingerprint density at radius 1 is 1.31 bits per heavy atom. The maximum Gasteiger partial charge on any atom is 0.324 e. The Morgan fingerprint density at radius 3 is 2.54 bits per heavy atom. The van der Waals surface area contributed by atoms with Gasteiger partial charge >= 0.3 is 6.03 Å². The van der Waals surface area contributed by atoms with E-state index >= 15 is 0 Å². The molecular formula is C8H12N2O2S. The van der Waals surface area contributed by atoms with Crippen LogP contribution in [0.2, 0.25) is 0 Å². The maximum absolute atomic E-state index is 11.3. The molecule has 72 valence electrons. The van der Waals surface area contributed by atoms with Crippen molar-refractivity contribution in [3.8, 4) is 0 Å². The summed E-state index contributed by atoms with van der Waals surface area (Å²) in [6.07, 6.45) is 1.90. The summed E-state index contributed by atoms with van der Waals surface area (Å²) in [4.78, 5) is 24.0. The fourth-order valence-corrected chi connectivity index (χ4v) is 2.83. The Labute approximate surface area is 81.0 Å². The van der Waals surface area contributed by atoms with E-state index in [4.69, 9.17) is 0 Å². The highest BCUT2D eigenvalue weighted by atomic mass is 32.2. The minimum absolute atomic E-state index is 0.0677. The lowest BCUT2D eigenvalue weighted by atomic mass is 10.1. The molecule has 1 N–H and O–H groups in total. The highest BCUT2D eigenvalue weighted by Crippen LogP contribution is 2.22. The number of carbonyl (C=O) groups excluding carboxylic acids is 2. The van der Waals surface area contributed by atoms with E-state index in [1.807, 2.05) is 11.8 Å². The normalized spacial score (nSPS) is 25.1. The molecule has 0 aromatic rings. The second-order valence-corrected chi connectivity index (χ2v) is 4.49. The minimum atomic E-state index is -0.207. The molecule has 13 heavy (non-hydrogen) atoms. The smallest absolute Gasteiger partial charge is 0.324 e. The summed E-state index contributed by atoms with van der Waals surface area (Å²) < 4.78 is 0. The van der Waals surface area contributed by atoms with Crippen LogP contribution in [-0.4, -0.2) is 40.9 Å². The highest BCUT2D eigenvalue weighted by Gasteiger charge is 2.35. The van der Waals surface area contributed by atoms with Crippen LogP contribution in [0.25, 0.3) is 0 Å². The summed E-state index contributed by atoms with van der Waals surface area (Å²) in [5.74, 6) is 2.05. The van der Waals surface area contributed by atoms with Crippen molar-refractivity contribution >= 4 is 23.7 Å². The Hall–Kier alpha value is -0.710. The second kappa shape index (κ2) is 3.57. The van der Waals surface area contributed by atoms with Gasteiger partial charge in [0.1, 0.15) is 0 Å². The molecule has 2 aliphatic heterocycles. The summed E-state index contributed by atoms with van der Waals surface area (Å²) in [7, 11) is 0. The fraction of sp³-hybridized carbons (Fsp3) is 0.750. The first kappa shape index (κ1) is 8.87. The van der Waals surface area contributed by atoms with Crippen molar-refractivity contribution in [2.75, 3.05) is 18.1 Å². The first-order chi connectivity index (χ1) is 6.29. The van der Waals surface area contributed by atoms with Gasteiger partial charge in [0.2, 0.25) is 5.91 Å². The average molecular weight is 200 g/mol. The topological polar surface area (TPSA) is 49.4 Å². The van der Waals surface area contributed by atoms with Crippen molar-refractivity contribution in [1.29, 1.82) is 0 Å². The van der Waals surface area contributed by atoms with Gasteiger partial charge in [-0.05, 0) is 24.3 Å². The summed E-state index contributed by atoms with van der Waals surface area (Å²) in [6, 6.07) is -0.0573. The van der Waals surface area contributed by atoms with Gasteiger partial charge in [0.25, 0.3) is 0 Å². The third kappa shape index (κ3) is 1.65. The fourth-order valence-electron chi connectivity index (χ4n) is 1.75. The van der Waals surface area contributed by atoms with Crippen molar-refractivity contribution in [3.05, 3.63) is 0 Å².